The second-order valence-corrected chi connectivity index (χ2v) is 5.45. The number of benzene rings is 1. The van der Waals surface area contributed by atoms with Crippen molar-refractivity contribution in [1.29, 1.82) is 5.26 Å². The molecule has 120 valence electrons. The van der Waals surface area contributed by atoms with Crippen LogP contribution in [0.3, 0.4) is 0 Å². The monoisotopic (exact) mass is 313 g/mol. The number of alkyl halides is 3. The number of nitrogens with zero attached hydrogens (tertiary/aromatic N) is 1. The number of anilines is 1. The molecule has 22 heavy (non-hydrogen) atoms. The molecule has 4 nitrogen and oxygen atoms in total. The number of hydrogen-bond donors (Lipinski definition) is 2. The van der Waals surface area contributed by atoms with Gasteiger partial charge in [0.15, 0.2) is 0 Å². The number of carbonyl (C=O) groups is 1. The first kappa shape index (κ1) is 17.8. The lowest BCUT2D eigenvalue weighted by Crippen LogP contribution is -2.50. The minimum atomic E-state index is -4.39. The molecule has 0 aromatic heterocycles. The smallest absolute Gasteiger partial charge is 0.376 e. The van der Waals surface area contributed by atoms with Crippen LogP contribution in [0.4, 0.5) is 18.9 Å². The predicted octanol–water partition coefficient (Wildman–Crippen LogP) is 3.17. The predicted molar refractivity (Wildman–Crippen MR) is 76.9 cm³/mol. The summed E-state index contributed by atoms with van der Waals surface area (Å²) in [6.45, 7) is 5.11. The minimum Gasteiger partial charge on any atom is -0.376 e. The van der Waals surface area contributed by atoms with E-state index in [0.29, 0.717) is 5.69 Å². The molecule has 0 fully saturated rings. The van der Waals surface area contributed by atoms with Crippen molar-refractivity contribution in [1.82, 2.24) is 5.32 Å². The first-order chi connectivity index (χ1) is 10.1. The Kier molecular flexibility index (Phi) is 5.42. The lowest BCUT2D eigenvalue weighted by Gasteiger charge is -2.27. The molecule has 1 atom stereocenters. The first-order valence-electron chi connectivity index (χ1n) is 6.72. The van der Waals surface area contributed by atoms with E-state index in [-0.39, 0.29) is 12.5 Å². The van der Waals surface area contributed by atoms with E-state index in [2.05, 4.69) is 10.6 Å². The van der Waals surface area contributed by atoms with Crippen molar-refractivity contribution >= 4 is 11.6 Å². The molecule has 0 bridgehead atoms. The van der Waals surface area contributed by atoms with Gasteiger partial charge in [0.05, 0.1) is 18.2 Å². The Hall–Kier alpha value is -2.23. The van der Waals surface area contributed by atoms with Crippen LogP contribution < -0.4 is 10.6 Å². The van der Waals surface area contributed by atoms with Crippen LogP contribution in [0.1, 0.15) is 26.3 Å². The van der Waals surface area contributed by atoms with Crippen molar-refractivity contribution in [3.63, 3.8) is 0 Å². The van der Waals surface area contributed by atoms with Crippen molar-refractivity contribution in [3.8, 4) is 6.07 Å². The summed E-state index contributed by atoms with van der Waals surface area (Å²) in [6, 6.07) is 6.43. The molecule has 0 radical (unpaired) electrons. The van der Waals surface area contributed by atoms with Gasteiger partial charge in [-0.3, -0.25) is 4.79 Å². The molecule has 1 amide bonds. The number of nitrogens with one attached hydrogen (secondary N) is 2. The number of hydrogen-bond acceptors (Lipinski definition) is 3. The molecule has 0 spiro atoms. The Labute approximate surface area is 127 Å². The van der Waals surface area contributed by atoms with E-state index in [1.54, 1.807) is 6.92 Å². The van der Waals surface area contributed by atoms with Crippen LogP contribution in [0.15, 0.2) is 24.3 Å². The minimum absolute atomic E-state index is 0.0764. The Morgan fingerprint density at radius 3 is 2.23 bits per heavy atom. The third-order valence-corrected chi connectivity index (χ3v) is 3.45. The highest BCUT2D eigenvalue weighted by molar-refractivity contribution is 5.81. The van der Waals surface area contributed by atoms with Gasteiger partial charge in [-0.05, 0) is 37.1 Å². The summed E-state index contributed by atoms with van der Waals surface area (Å²) < 4.78 is 37.3. The molecule has 7 heteroatoms. The maximum atomic E-state index is 12.4. The second-order valence-electron chi connectivity index (χ2n) is 5.45. The fourth-order valence-electron chi connectivity index (χ4n) is 1.59. The number of carbonyl (C=O) groups excluding carboxylic acids is 1. The van der Waals surface area contributed by atoms with E-state index >= 15 is 0 Å². The van der Waals surface area contributed by atoms with Gasteiger partial charge in [0.2, 0.25) is 5.91 Å². The molecule has 1 aromatic carbocycles. The van der Waals surface area contributed by atoms with E-state index in [9.17, 15) is 18.0 Å². The van der Waals surface area contributed by atoms with E-state index in [0.717, 1.165) is 12.1 Å². The van der Waals surface area contributed by atoms with Crippen LogP contribution in [0.25, 0.3) is 0 Å². The van der Waals surface area contributed by atoms with Crippen LogP contribution in [-0.2, 0) is 11.0 Å². The summed E-state index contributed by atoms with van der Waals surface area (Å²) in [6.07, 6.45) is -4.39. The fraction of sp³-hybridized carbons (Fsp3) is 0.467. The molecule has 2 N–H and O–H groups in total. The summed E-state index contributed by atoms with van der Waals surface area (Å²) in [5.74, 6) is -0.481. The van der Waals surface area contributed by atoms with Gasteiger partial charge in [-0.25, -0.2) is 0 Å². The van der Waals surface area contributed by atoms with Gasteiger partial charge in [0.1, 0.15) is 5.54 Å². The summed E-state index contributed by atoms with van der Waals surface area (Å²) in [5.41, 5.74) is -1.34. The van der Waals surface area contributed by atoms with E-state index in [1.165, 1.54) is 12.1 Å². The number of nitriles is 1. The standard InChI is InChI=1S/C15H18F3N3O/c1-10(2)14(3,9-19)21-13(22)8-20-12-6-4-11(5-7-12)15(16,17)18/h4-7,10,20H,8H2,1-3H3,(H,21,22)/t14-/m1/s1. The van der Waals surface area contributed by atoms with E-state index < -0.39 is 23.2 Å². The van der Waals surface area contributed by atoms with Crippen LogP contribution >= 0.6 is 0 Å². The number of halogens is 3. The first-order valence-corrected chi connectivity index (χ1v) is 6.72. The molecule has 0 aliphatic carbocycles. The van der Waals surface area contributed by atoms with E-state index in [1.807, 2.05) is 19.9 Å². The van der Waals surface area contributed by atoms with Crippen LogP contribution in [0.5, 0.6) is 0 Å². The van der Waals surface area contributed by atoms with Crippen molar-refractivity contribution < 1.29 is 18.0 Å². The fourth-order valence-corrected chi connectivity index (χ4v) is 1.59. The third kappa shape index (κ3) is 4.65. The Bertz CT molecular complexity index is 561. The Morgan fingerprint density at radius 1 is 1.27 bits per heavy atom. The molecule has 0 aliphatic rings. The van der Waals surface area contributed by atoms with Gasteiger partial charge in [-0.1, -0.05) is 13.8 Å². The van der Waals surface area contributed by atoms with Crippen molar-refractivity contribution in [3.05, 3.63) is 29.8 Å². The van der Waals surface area contributed by atoms with Crippen molar-refractivity contribution in [2.45, 2.75) is 32.5 Å². The summed E-state index contributed by atoms with van der Waals surface area (Å²) in [4.78, 5) is 11.8. The zero-order valence-electron chi connectivity index (χ0n) is 12.6. The summed E-state index contributed by atoms with van der Waals surface area (Å²) in [5, 5.41) is 14.4. The molecule has 1 rings (SSSR count). The topological polar surface area (TPSA) is 64.9 Å². The van der Waals surface area contributed by atoms with Crippen LogP contribution in [0.2, 0.25) is 0 Å². The number of amides is 1. The number of rotatable bonds is 5. The Balaban J connectivity index is 2.60. The second kappa shape index (κ2) is 6.69. The highest BCUT2D eigenvalue weighted by Crippen LogP contribution is 2.29. The Morgan fingerprint density at radius 2 is 1.82 bits per heavy atom. The summed E-state index contributed by atoms with van der Waals surface area (Å²) >= 11 is 0. The lowest BCUT2D eigenvalue weighted by atomic mass is 9.90. The third-order valence-electron chi connectivity index (χ3n) is 3.45. The molecule has 1 aromatic rings. The van der Waals surface area contributed by atoms with Gasteiger partial charge in [0, 0.05) is 5.69 Å². The maximum Gasteiger partial charge on any atom is 0.416 e. The van der Waals surface area contributed by atoms with Gasteiger partial charge in [-0.15, -0.1) is 0 Å². The van der Waals surface area contributed by atoms with Gasteiger partial charge >= 0.3 is 6.18 Å². The normalized spacial score (nSPS) is 14.1. The van der Waals surface area contributed by atoms with Crippen LogP contribution in [0, 0.1) is 17.2 Å². The lowest BCUT2D eigenvalue weighted by molar-refractivity contribution is -0.137. The molecular weight excluding hydrogens is 295 g/mol. The van der Waals surface area contributed by atoms with E-state index in [4.69, 9.17) is 5.26 Å². The van der Waals surface area contributed by atoms with Crippen molar-refractivity contribution in [2.75, 3.05) is 11.9 Å². The average molecular weight is 313 g/mol. The maximum absolute atomic E-state index is 12.4. The zero-order valence-corrected chi connectivity index (χ0v) is 12.6. The molecular formula is C15H18F3N3O. The highest BCUT2D eigenvalue weighted by Gasteiger charge is 2.30. The largest absolute Gasteiger partial charge is 0.416 e. The zero-order chi connectivity index (χ0) is 17.0. The molecule has 0 saturated carbocycles. The summed E-state index contributed by atoms with van der Waals surface area (Å²) in [7, 11) is 0. The molecule has 0 saturated heterocycles. The molecule has 0 unspecified atom stereocenters. The quantitative estimate of drug-likeness (QED) is 0.877. The van der Waals surface area contributed by atoms with Crippen LogP contribution in [-0.4, -0.2) is 18.0 Å². The molecule has 0 aliphatic heterocycles. The van der Waals surface area contributed by atoms with Crippen molar-refractivity contribution in [2.24, 2.45) is 5.92 Å². The SMILES string of the molecule is CC(C)[C@@](C)(C#N)NC(=O)CNc1ccc(C(F)(F)F)cc1. The molecule has 0 heterocycles. The average Bonchev–Trinajstić information content (AvgIpc) is 2.44. The highest BCUT2D eigenvalue weighted by atomic mass is 19.4. The van der Waals surface area contributed by atoms with Gasteiger partial charge < -0.3 is 10.6 Å². The van der Waals surface area contributed by atoms with Gasteiger partial charge in [-0.2, -0.15) is 18.4 Å². The van der Waals surface area contributed by atoms with Gasteiger partial charge in [0.25, 0.3) is 0 Å².